The Morgan fingerprint density at radius 3 is 3.00 bits per heavy atom. The van der Waals surface area contributed by atoms with Crippen molar-refractivity contribution >= 4 is 23.0 Å². The van der Waals surface area contributed by atoms with Gasteiger partial charge in [0, 0.05) is 18.9 Å². The molecular weight excluding hydrogens is 224 g/mol. The maximum absolute atomic E-state index is 5.59. The SMILES string of the molecule is Cc1nccnc1N1CCOC(C(N)=S)C1. The molecule has 0 aliphatic carbocycles. The molecule has 2 N–H and O–H groups in total. The number of hydrogen-bond acceptors (Lipinski definition) is 5. The van der Waals surface area contributed by atoms with E-state index in [1.807, 2.05) is 6.92 Å². The Morgan fingerprint density at radius 1 is 1.56 bits per heavy atom. The van der Waals surface area contributed by atoms with Crippen LogP contribution in [0.1, 0.15) is 5.69 Å². The number of thiocarbonyl (C=S) groups is 1. The predicted molar refractivity (Wildman–Crippen MR) is 65.5 cm³/mol. The van der Waals surface area contributed by atoms with Gasteiger partial charge in [-0.1, -0.05) is 12.2 Å². The van der Waals surface area contributed by atoms with Crippen molar-refractivity contribution < 1.29 is 4.74 Å². The molecule has 0 aromatic carbocycles. The summed E-state index contributed by atoms with van der Waals surface area (Å²) in [6.45, 7) is 3.99. The van der Waals surface area contributed by atoms with Gasteiger partial charge in [0.25, 0.3) is 0 Å². The molecule has 0 bridgehead atoms. The van der Waals surface area contributed by atoms with E-state index in [0.717, 1.165) is 18.1 Å². The first-order valence-corrected chi connectivity index (χ1v) is 5.53. The zero-order chi connectivity index (χ0) is 11.5. The third kappa shape index (κ3) is 2.28. The second kappa shape index (κ2) is 4.71. The molecule has 2 heterocycles. The molecular formula is C10H14N4OS. The van der Waals surface area contributed by atoms with Crippen LogP contribution in [0.2, 0.25) is 0 Å². The van der Waals surface area contributed by atoms with Crippen LogP contribution in [0.3, 0.4) is 0 Å². The summed E-state index contributed by atoms with van der Waals surface area (Å²) in [4.78, 5) is 11.0. The molecule has 0 amide bonds. The molecule has 0 radical (unpaired) electrons. The van der Waals surface area contributed by atoms with E-state index in [1.165, 1.54) is 0 Å². The molecule has 1 aromatic rings. The third-order valence-corrected chi connectivity index (χ3v) is 2.80. The van der Waals surface area contributed by atoms with Crippen molar-refractivity contribution in [3.63, 3.8) is 0 Å². The minimum Gasteiger partial charge on any atom is -0.391 e. The highest BCUT2D eigenvalue weighted by Gasteiger charge is 2.24. The van der Waals surface area contributed by atoms with Crippen LogP contribution in [0, 0.1) is 6.92 Å². The minimum atomic E-state index is -0.190. The van der Waals surface area contributed by atoms with E-state index in [0.29, 0.717) is 18.1 Å². The molecule has 16 heavy (non-hydrogen) atoms. The Morgan fingerprint density at radius 2 is 2.31 bits per heavy atom. The highest BCUT2D eigenvalue weighted by atomic mass is 32.1. The highest BCUT2D eigenvalue weighted by molar-refractivity contribution is 7.80. The van der Waals surface area contributed by atoms with Gasteiger partial charge in [-0.3, -0.25) is 4.98 Å². The molecule has 1 fully saturated rings. The van der Waals surface area contributed by atoms with E-state index in [-0.39, 0.29) is 6.10 Å². The number of ether oxygens (including phenoxy) is 1. The molecule has 5 nitrogen and oxygen atoms in total. The fourth-order valence-corrected chi connectivity index (χ4v) is 1.87. The number of aryl methyl sites for hydroxylation is 1. The quantitative estimate of drug-likeness (QED) is 0.746. The van der Waals surface area contributed by atoms with Gasteiger partial charge in [-0.25, -0.2) is 4.98 Å². The van der Waals surface area contributed by atoms with Gasteiger partial charge in [-0.15, -0.1) is 0 Å². The number of rotatable bonds is 2. The summed E-state index contributed by atoms with van der Waals surface area (Å²) in [6.07, 6.45) is 3.18. The van der Waals surface area contributed by atoms with Crippen LogP contribution >= 0.6 is 12.2 Å². The zero-order valence-corrected chi connectivity index (χ0v) is 9.91. The monoisotopic (exact) mass is 238 g/mol. The molecule has 1 aromatic heterocycles. The van der Waals surface area contributed by atoms with E-state index in [1.54, 1.807) is 12.4 Å². The molecule has 0 saturated carbocycles. The number of nitrogens with two attached hydrogens (primary N) is 1. The minimum absolute atomic E-state index is 0.190. The molecule has 1 saturated heterocycles. The first-order valence-electron chi connectivity index (χ1n) is 5.12. The maximum atomic E-state index is 5.59. The first kappa shape index (κ1) is 11.2. The van der Waals surface area contributed by atoms with Gasteiger partial charge >= 0.3 is 0 Å². The number of nitrogens with zero attached hydrogens (tertiary/aromatic N) is 3. The largest absolute Gasteiger partial charge is 0.391 e. The van der Waals surface area contributed by atoms with Crippen LogP contribution in [-0.2, 0) is 4.74 Å². The Balaban J connectivity index is 2.16. The third-order valence-electron chi connectivity index (χ3n) is 2.54. The molecule has 6 heteroatoms. The summed E-state index contributed by atoms with van der Waals surface area (Å²) >= 11 is 4.94. The van der Waals surface area contributed by atoms with Gasteiger partial charge in [0.05, 0.1) is 18.8 Å². The smallest absolute Gasteiger partial charge is 0.150 e. The van der Waals surface area contributed by atoms with E-state index in [2.05, 4.69) is 14.9 Å². The topological polar surface area (TPSA) is 64.3 Å². The standard InChI is InChI=1S/C10H14N4OS/c1-7-10(13-3-2-12-7)14-4-5-15-8(6-14)9(11)16/h2-3,8H,4-6H2,1H3,(H2,11,16). The highest BCUT2D eigenvalue weighted by Crippen LogP contribution is 2.17. The van der Waals surface area contributed by atoms with Gasteiger partial charge in [0.2, 0.25) is 0 Å². The second-order valence-corrected chi connectivity index (χ2v) is 4.14. The average Bonchev–Trinajstić information content (AvgIpc) is 2.30. The summed E-state index contributed by atoms with van der Waals surface area (Å²) in [7, 11) is 0. The first-order chi connectivity index (χ1) is 7.68. The Hall–Kier alpha value is -1.27. The lowest BCUT2D eigenvalue weighted by atomic mass is 10.2. The molecule has 1 aliphatic heterocycles. The number of hydrogen-bond donors (Lipinski definition) is 1. The van der Waals surface area contributed by atoms with Crippen molar-refractivity contribution in [1.29, 1.82) is 0 Å². The lowest BCUT2D eigenvalue weighted by Crippen LogP contribution is -2.48. The van der Waals surface area contributed by atoms with Crippen LogP contribution in [0.25, 0.3) is 0 Å². The molecule has 1 atom stereocenters. The predicted octanol–water partition coefficient (Wildman–Crippen LogP) is 0.276. The van der Waals surface area contributed by atoms with Crippen molar-refractivity contribution in [3.05, 3.63) is 18.1 Å². The molecule has 1 aliphatic rings. The summed E-state index contributed by atoms with van der Waals surface area (Å²) < 4.78 is 5.47. The van der Waals surface area contributed by atoms with E-state index in [4.69, 9.17) is 22.7 Å². The van der Waals surface area contributed by atoms with Crippen LogP contribution in [0.15, 0.2) is 12.4 Å². The molecule has 2 rings (SSSR count). The summed E-state index contributed by atoms with van der Waals surface area (Å²) in [5.41, 5.74) is 6.50. The van der Waals surface area contributed by atoms with Gasteiger partial charge in [-0.2, -0.15) is 0 Å². The lowest BCUT2D eigenvalue weighted by Gasteiger charge is -2.33. The van der Waals surface area contributed by atoms with Crippen LogP contribution in [0.4, 0.5) is 5.82 Å². The number of aromatic nitrogens is 2. The van der Waals surface area contributed by atoms with Gasteiger partial charge < -0.3 is 15.4 Å². The lowest BCUT2D eigenvalue weighted by molar-refractivity contribution is 0.0843. The van der Waals surface area contributed by atoms with Gasteiger partial charge in [-0.05, 0) is 6.92 Å². The van der Waals surface area contributed by atoms with Crippen LogP contribution in [0.5, 0.6) is 0 Å². The van der Waals surface area contributed by atoms with Crippen molar-refractivity contribution in [2.45, 2.75) is 13.0 Å². The van der Waals surface area contributed by atoms with Crippen molar-refractivity contribution in [1.82, 2.24) is 9.97 Å². The molecule has 86 valence electrons. The number of morpholine rings is 1. The van der Waals surface area contributed by atoms with Crippen molar-refractivity contribution in [3.8, 4) is 0 Å². The van der Waals surface area contributed by atoms with E-state index in [9.17, 15) is 0 Å². The summed E-state index contributed by atoms with van der Waals surface area (Å²) in [5, 5.41) is 0. The van der Waals surface area contributed by atoms with Crippen LogP contribution in [-0.4, -0.2) is 40.8 Å². The summed E-state index contributed by atoms with van der Waals surface area (Å²) in [6, 6.07) is 0. The molecule has 0 spiro atoms. The van der Waals surface area contributed by atoms with Crippen LogP contribution < -0.4 is 10.6 Å². The fraction of sp³-hybridized carbons (Fsp3) is 0.500. The molecule has 1 unspecified atom stereocenters. The Bertz CT molecular complexity index is 398. The van der Waals surface area contributed by atoms with E-state index >= 15 is 0 Å². The second-order valence-electron chi connectivity index (χ2n) is 3.67. The zero-order valence-electron chi connectivity index (χ0n) is 9.09. The normalized spacial score (nSPS) is 20.8. The van der Waals surface area contributed by atoms with Crippen molar-refractivity contribution in [2.24, 2.45) is 5.73 Å². The average molecular weight is 238 g/mol. The Kier molecular flexibility index (Phi) is 3.31. The summed E-state index contributed by atoms with van der Waals surface area (Å²) in [5.74, 6) is 0.882. The fourth-order valence-electron chi connectivity index (χ4n) is 1.72. The van der Waals surface area contributed by atoms with Gasteiger partial charge in [0.1, 0.15) is 16.9 Å². The number of anilines is 1. The van der Waals surface area contributed by atoms with E-state index < -0.39 is 0 Å². The van der Waals surface area contributed by atoms with Gasteiger partial charge in [0.15, 0.2) is 0 Å². The van der Waals surface area contributed by atoms with Crippen molar-refractivity contribution in [2.75, 3.05) is 24.6 Å². The Labute approximate surface area is 99.6 Å². The maximum Gasteiger partial charge on any atom is 0.150 e.